The summed E-state index contributed by atoms with van der Waals surface area (Å²) in [6, 6.07) is 0. The van der Waals surface area contributed by atoms with Crippen molar-refractivity contribution in [2.45, 2.75) is 33.1 Å². The normalized spacial score (nSPS) is 21.2. The number of hydrogen-bond donors (Lipinski definition) is 1. The van der Waals surface area contributed by atoms with E-state index in [0.717, 1.165) is 18.8 Å². The van der Waals surface area contributed by atoms with Crippen LogP contribution in [0.15, 0.2) is 10.5 Å². The van der Waals surface area contributed by atoms with Crippen molar-refractivity contribution in [3.8, 4) is 0 Å². The summed E-state index contributed by atoms with van der Waals surface area (Å²) >= 11 is 1.36. The Labute approximate surface area is 110 Å². The number of hydrazone groups is 1. The summed E-state index contributed by atoms with van der Waals surface area (Å²) in [6.45, 7) is 4.36. The Bertz CT molecular complexity index is 456. The van der Waals surface area contributed by atoms with Crippen LogP contribution >= 0.6 is 11.3 Å². The third-order valence-electron chi connectivity index (χ3n) is 2.81. The Balaban J connectivity index is 1.92. The predicted octanol–water partition coefficient (Wildman–Crippen LogP) is 2.91. The molecule has 1 unspecified atom stereocenters. The molecular weight excluding hydrogens is 250 g/mol. The first-order chi connectivity index (χ1) is 8.69. The van der Waals surface area contributed by atoms with Gasteiger partial charge in [0, 0.05) is 11.1 Å². The van der Waals surface area contributed by atoms with Crippen molar-refractivity contribution in [3.05, 3.63) is 11.1 Å². The van der Waals surface area contributed by atoms with E-state index in [9.17, 15) is 4.79 Å². The monoisotopic (exact) mass is 267 g/mol. The van der Waals surface area contributed by atoms with Gasteiger partial charge < -0.3 is 4.74 Å². The first kappa shape index (κ1) is 13.0. The van der Waals surface area contributed by atoms with Crippen LogP contribution in [0.5, 0.6) is 0 Å². The molecule has 1 aliphatic rings. The Hall–Kier alpha value is -1.43. The Morgan fingerprint density at radius 3 is 3.22 bits per heavy atom. The summed E-state index contributed by atoms with van der Waals surface area (Å²) in [5, 5.41) is 6.63. The summed E-state index contributed by atoms with van der Waals surface area (Å²) < 4.78 is 4.87. The second-order valence-electron chi connectivity index (χ2n) is 4.40. The average Bonchev–Trinajstić information content (AvgIpc) is 2.95. The molecule has 0 spiro atoms. The number of nitrogens with one attached hydrogen (secondary N) is 1. The number of rotatable bonds is 4. The zero-order chi connectivity index (χ0) is 13.0. The molecule has 0 aliphatic heterocycles. The molecule has 0 bridgehead atoms. The van der Waals surface area contributed by atoms with Crippen LogP contribution < -0.4 is 5.43 Å². The molecule has 5 nitrogen and oxygen atoms in total. The fourth-order valence-electron chi connectivity index (χ4n) is 1.87. The molecule has 1 aromatic heterocycles. The van der Waals surface area contributed by atoms with Crippen LogP contribution in [-0.4, -0.2) is 23.3 Å². The fourth-order valence-corrected chi connectivity index (χ4v) is 2.49. The highest BCUT2D eigenvalue weighted by Crippen LogP contribution is 2.23. The van der Waals surface area contributed by atoms with Crippen LogP contribution in [0.3, 0.4) is 0 Å². The molecule has 1 N–H and O–H groups in total. The highest BCUT2D eigenvalue weighted by Gasteiger charge is 2.16. The Morgan fingerprint density at radius 2 is 2.56 bits per heavy atom. The average molecular weight is 267 g/mol. The van der Waals surface area contributed by atoms with Crippen LogP contribution in [-0.2, 0) is 4.74 Å². The van der Waals surface area contributed by atoms with Gasteiger partial charge in [-0.3, -0.25) is 5.43 Å². The number of carbonyl (C=O) groups is 1. The van der Waals surface area contributed by atoms with E-state index < -0.39 is 0 Å². The minimum Gasteiger partial charge on any atom is -0.461 e. The van der Waals surface area contributed by atoms with E-state index in [-0.39, 0.29) is 5.97 Å². The smallest absolute Gasteiger partial charge is 0.357 e. The number of esters is 1. The predicted molar refractivity (Wildman–Crippen MR) is 72.1 cm³/mol. The zero-order valence-electron chi connectivity index (χ0n) is 10.6. The lowest BCUT2D eigenvalue weighted by atomic mass is 10.1. The van der Waals surface area contributed by atoms with Crippen LogP contribution in [0.4, 0.5) is 5.13 Å². The molecule has 6 heteroatoms. The number of anilines is 1. The van der Waals surface area contributed by atoms with Gasteiger partial charge >= 0.3 is 5.97 Å². The van der Waals surface area contributed by atoms with Gasteiger partial charge in [0.25, 0.3) is 0 Å². The van der Waals surface area contributed by atoms with Gasteiger partial charge in [-0.2, -0.15) is 5.10 Å². The largest absolute Gasteiger partial charge is 0.461 e. The third kappa shape index (κ3) is 3.29. The van der Waals surface area contributed by atoms with Gasteiger partial charge in [-0.1, -0.05) is 6.92 Å². The molecule has 2 rings (SSSR count). The third-order valence-corrected chi connectivity index (χ3v) is 3.56. The number of aromatic nitrogens is 1. The van der Waals surface area contributed by atoms with E-state index in [1.54, 1.807) is 12.3 Å². The van der Waals surface area contributed by atoms with Crippen LogP contribution in [0, 0.1) is 5.92 Å². The second-order valence-corrected chi connectivity index (χ2v) is 5.25. The van der Waals surface area contributed by atoms with Crippen molar-refractivity contribution >= 4 is 28.1 Å². The van der Waals surface area contributed by atoms with Crippen molar-refractivity contribution in [3.63, 3.8) is 0 Å². The molecule has 0 aromatic carbocycles. The van der Waals surface area contributed by atoms with E-state index in [4.69, 9.17) is 4.74 Å². The first-order valence-electron chi connectivity index (χ1n) is 6.13. The van der Waals surface area contributed by atoms with Gasteiger partial charge in [-0.15, -0.1) is 11.3 Å². The number of thiazole rings is 1. The summed E-state index contributed by atoms with van der Waals surface area (Å²) in [5.74, 6) is 0.334. The molecule has 1 atom stereocenters. The molecule has 1 heterocycles. The van der Waals surface area contributed by atoms with Crippen molar-refractivity contribution in [1.29, 1.82) is 0 Å². The molecule has 0 saturated heterocycles. The molecule has 18 heavy (non-hydrogen) atoms. The maximum atomic E-state index is 11.4. The molecule has 98 valence electrons. The molecule has 1 aliphatic carbocycles. The van der Waals surface area contributed by atoms with Gasteiger partial charge in [0.15, 0.2) is 5.69 Å². The first-order valence-corrected chi connectivity index (χ1v) is 7.01. The van der Waals surface area contributed by atoms with Crippen molar-refractivity contribution in [1.82, 2.24) is 4.98 Å². The van der Waals surface area contributed by atoms with E-state index in [1.165, 1.54) is 23.5 Å². The minimum atomic E-state index is -0.385. The minimum absolute atomic E-state index is 0.337. The van der Waals surface area contributed by atoms with Gasteiger partial charge in [-0.05, 0) is 32.1 Å². The highest BCUT2D eigenvalue weighted by molar-refractivity contribution is 7.13. The van der Waals surface area contributed by atoms with Gasteiger partial charge in [0.1, 0.15) is 0 Å². The van der Waals surface area contributed by atoms with Gasteiger partial charge in [0.05, 0.1) is 6.61 Å². The number of nitrogens with zero attached hydrogens (tertiary/aromatic N) is 2. The SMILES string of the molecule is CCOC(=O)c1csc(N/N=C2/CCC(C)C2)n1. The number of hydrogen-bond acceptors (Lipinski definition) is 6. The van der Waals surface area contributed by atoms with E-state index in [1.807, 2.05) is 0 Å². The molecule has 0 amide bonds. The number of carbonyl (C=O) groups excluding carboxylic acids is 1. The lowest BCUT2D eigenvalue weighted by molar-refractivity contribution is 0.0520. The van der Waals surface area contributed by atoms with E-state index in [0.29, 0.717) is 17.4 Å². The Kier molecular flexibility index (Phi) is 4.30. The summed E-state index contributed by atoms with van der Waals surface area (Å²) in [5.41, 5.74) is 4.43. The summed E-state index contributed by atoms with van der Waals surface area (Å²) in [6.07, 6.45) is 3.29. The van der Waals surface area contributed by atoms with E-state index in [2.05, 4.69) is 22.4 Å². The van der Waals surface area contributed by atoms with Gasteiger partial charge in [-0.25, -0.2) is 9.78 Å². The lowest BCUT2D eigenvalue weighted by Crippen LogP contribution is -2.05. The van der Waals surface area contributed by atoms with Crippen LogP contribution in [0.25, 0.3) is 0 Å². The lowest BCUT2D eigenvalue weighted by Gasteiger charge is -1.98. The maximum Gasteiger partial charge on any atom is 0.357 e. The highest BCUT2D eigenvalue weighted by atomic mass is 32.1. The van der Waals surface area contributed by atoms with Gasteiger partial charge in [0.2, 0.25) is 5.13 Å². The molecular formula is C12H17N3O2S. The molecule has 1 aromatic rings. The molecule has 1 saturated carbocycles. The maximum absolute atomic E-state index is 11.4. The molecule has 1 fully saturated rings. The summed E-state index contributed by atoms with van der Waals surface area (Å²) in [4.78, 5) is 15.6. The topological polar surface area (TPSA) is 63.6 Å². The quantitative estimate of drug-likeness (QED) is 0.673. The fraction of sp³-hybridized carbons (Fsp3) is 0.583. The zero-order valence-corrected chi connectivity index (χ0v) is 11.4. The Morgan fingerprint density at radius 1 is 1.72 bits per heavy atom. The molecule has 0 radical (unpaired) electrons. The van der Waals surface area contributed by atoms with Crippen LogP contribution in [0.1, 0.15) is 43.6 Å². The van der Waals surface area contributed by atoms with E-state index >= 15 is 0 Å². The van der Waals surface area contributed by atoms with Crippen LogP contribution in [0.2, 0.25) is 0 Å². The standard InChI is InChI=1S/C12H17N3O2S/c1-3-17-11(16)10-7-18-12(13-10)15-14-9-5-4-8(2)6-9/h7-8H,3-6H2,1-2H3,(H,13,15)/b14-9-. The second kappa shape index (κ2) is 5.95. The number of ether oxygens (including phenoxy) is 1. The van der Waals surface area contributed by atoms with Crippen molar-refractivity contribution in [2.24, 2.45) is 11.0 Å². The van der Waals surface area contributed by atoms with Crippen molar-refractivity contribution < 1.29 is 9.53 Å². The summed E-state index contributed by atoms with van der Waals surface area (Å²) in [7, 11) is 0. The van der Waals surface area contributed by atoms with Crippen molar-refractivity contribution in [2.75, 3.05) is 12.0 Å².